The predicted octanol–water partition coefficient (Wildman–Crippen LogP) is 20.8. The minimum atomic E-state index is 0.842. The molecule has 0 saturated heterocycles. The summed E-state index contributed by atoms with van der Waals surface area (Å²) >= 11 is 0. The van der Waals surface area contributed by atoms with Gasteiger partial charge in [0.05, 0.1) is 17.1 Å². The Labute approximate surface area is 442 Å². The van der Waals surface area contributed by atoms with Crippen LogP contribution in [0.4, 0.5) is 28.4 Å². The maximum absolute atomic E-state index is 7.26. The van der Waals surface area contributed by atoms with Gasteiger partial charge in [-0.2, -0.15) is 0 Å². The second kappa shape index (κ2) is 18.4. The van der Waals surface area contributed by atoms with Crippen molar-refractivity contribution in [1.82, 2.24) is 0 Å². The highest BCUT2D eigenvalue weighted by Crippen LogP contribution is 2.51. The second-order valence-electron chi connectivity index (χ2n) is 20.3. The molecule has 14 rings (SSSR count). The van der Waals surface area contributed by atoms with E-state index >= 15 is 0 Å². The number of anilines is 5. The molecule has 0 aliphatic rings. The summed E-state index contributed by atoms with van der Waals surface area (Å²) in [6.07, 6.45) is 3.74. The standard InChI is InChI=1S/C72H56N2O2/c1-5-44-19-13-24-50(41-44)73-68-55(38-39-61-59-32-17-30-57(70(59)76-72(61)68)53-27-12-10-22-47(53)8-4)63-43-49-36-40-64(62-37-35-48-23-15-28-54(63)66(48)67(49)62)74(51-25-14-20-45(6-2)42-51)65-34-18-33-60-58-31-16-29-56(69(58)75-71(60)65)52-26-11-9-21-46(52)7-3/h9-43,73H,5-8H2,1-4H3. The SMILES string of the molecule is CCc1cccc(Nc2c(-c3cc4ccc(N(c5cccc(CC)c5)c5cccc6c5oc5c(-c7ccccc7CC)cccc56)c5ccc6cccc3c6c45)ccc3c2oc2c(-c4ccccc4CC)cccc23)c1. The van der Waals surface area contributed by atoms with Crippen LogP contribution in [-0.2, 0) is 25.7 Å². The lowest BCUT2D eigenvalue weighted by Gasteiger charge is -2.28. The first-order valence-corrected chi connectivity index (χ1v) is 27.1. The average Bonchev–Trinajstić information content (AvgIpc) is 4.12. The van der Waals surface area contributed by atoms with E-state index in [0.717, 1.165) is 120 Å². The van der Waals surface area contributed by atoms with Gasteiger partial charge in [0.1, 0.15) is 11.2 Å². The minimum Gasteiger partial charge on any atom is -0.453 e. The van der Waals surface area contributed by atoms with Gasteiger partial charge in [0.25, 0.3) is 0 Å². The first kappa shape index (κ1) is 45.5. The molecule has 0 spiro atoms. The lowest BCUT2D eigenvalue weighted by molar-refractivity contribution is 0.670. The Morgan fingerprint density at radius 1 is 0.342 bits per heavy atom. The number of para-hydroxylation sites is 3. The molecule has 4 nitrogen and oxygen atoms in total. The highest BCUT2D eigenvalue weighted by molar-refractivity contribution is 6.30. The van der Waals surface area contributed by atoms with E-state index in [-0.39, 0.29) is 0 Å². The monoisotopic (exact) mass is 980 g/mol. The molecular formula is C72H56N2O2. The Hall–Kier alpha value is -9.12. The van der Waals surface area contributed by atoms with Crippen molar-refractivity contribution in [2.24, 2.45) is 0 Å². The van der Waals surface area contributed by atoms with Gasteiger partial charge in [-0.25, -0.2) is 0 Å². The second-order valence-corrected chi connectivity index (χ2v) is 20.3. The van der Waals surface area contributed by atoms with Crippen molar-refractivity contribution < 1.29 is 8.83 Å². The summed E-state index contributed by atoms with van der Waals surface area (Å²) in [5.74, 6) is 0. The third-order valence-corrected chi connectivity index (χ3v) is 16.1. The third-order valence-electron chi connectivity index (χ3n) is 16.1. The van der Waals surface area contributed by atoms with E-state index in [0.29, 0.717) is 0 Å². The van der Waals surface area contributed by atoms with Crippen molar-refractivity contribution in [2.45, 2.75) is 53.4 Å². The molecule has 2 heterocycles. The predicted molar refractivity (Wildman–Crippen MR) is 323 cm³/mol. The molecule has 0 amide bonds. The van der Waals surface area contributed by atoms with Crippen LogP contribution < -0.4 is 10.2 Å². The molecule has 0 unspecified atom stereocenters. The van der Waals surface area contributed by atoms with Gasteiger partial charge in [-0.1, -0.05) is 191 Å². The summed E-state index contributed by atoms with van der Waals surface area (Å²) in [5, 5.41) is 15.6. The molecule has 0 aliphatic heterocycles. The quantitative estimate of drug-likeness (QED) is 0.124. The zero-order chi connectivity index (χ0) is 51.0. The van der Waals surface area contributed by atoms with Crippen LogP contribution in [0.15, 0.2) is 221 Å². The molecule has 76 heavy (non-hydrogen) atoms. The number of furan rings is 2. The molecule has 12 aromatic carbocycles. The van der Waals surface area contributed by atoms with Gasteiger partial charge >= 0.3 is 0 Å². The van der Waals surface area contributed by atoms with Crippen LogP contribution in [0.25, 0.3) is 110 Å². The maximum atomic E-state index is 7.26. The molecule has 0 bridgehead atoms. The van der Waals surface area contributed by atoms with Gasteiger partial charge in [-0.15, -0.1) is 0 Å². The van der Waals surface area contributed by atoms with Crippen LogP contribution in [0.5, 0.6) is 0 Å². The van der Waals surface area contributed by atoms with Crippen LogP contribution in [0.3, 0.4) is 0 Å². The first-order valence-electron chi connectivity index (χ1n) is 27.1. The van der Waals surface area contributed by atoms with Gasteiger partial charge in [-0.3, -0.25) is 0 Å². The van der Waals surface area contributed by atoms with Crippen LogP contribution in [-0.4, -0.2) is 0 Å². The van der Waals surface area contributed by atoms with E-state index in [4.69, 9.17) is 8.83 Å². The van der Waals surface area contributed by atoms with Crippen LogP contribution >= 0.6 is 0 Å². The van der Waals surface area contributed by atoms with Crippen molar-refractivity contribution in [3.05, 3.63) is 235 Å². The van der Waals surface area contributed by atoms with Crippen molar-refractivity contribution in [2.75, 3.05) is 10.2 Å². The number of nitrogens with zero attached hydrogens (tertiary/aromatic N) is 1. The molecule has 0 saturated carbocycles. The zero-order valence-corrected chi connectivity index (χ0v) is 43.3. The van der Waals surface area contributed by atoms with E-state index < -0.39 is 0 Å². The average molecular weight is 981 g/mol. The number of aryl methyl sites for hydroxylation is 4. The largest absolute Gasteiger partial charge is 0.453 e. The summed E-state index contributed by atoms with van der Waals surface area (Å²) in [5.41, 5.74) is 20.7. The Balaban J connectivity index is 1.01. The summed E-state index contributed by atoms with van der Waals surface area (Å²) < 4.78 is 14.5. The number of rotatable bonds is 12. The molecule has 0 aliphatic carbocycles. The highest BCUT2D eigenvalue weighted by Gasteiger charge is 2.26. The van der Waals surface area contributed by atoms with E-state index in [2.05, 4.69) is 250 Å². The fraction of sp³-hybridized carbons (Fsp3) is 0.111. The number of hydrogen-bond donors (Lipinski definition) is 1. The van der Waals surface area contributed by atoms with Crippen molar-refractivity contribution in [3.63, 3.8) is 0 Å². The Kier molecular flexibility index (Phi) is 11.0. The van der Waals surface area contributed by atoms with E-state index in [1.165, 1.54) is 65.7 Å². The topological polar surface area (TPSA) is 41.5 Å². The molecule has 1 N–H and O–H groups in total. The molecule has 2 aromatic heterocycles. The first-order chi connectivity index (χ1) is 37.5. The Morgan fingerprint density at radius 2 is 0.895 bits per heavy atom. The van der Waals surface area contributed by atoms with Crippen LogP contribution in [0, 0.1) is 0 Å². The summed E-state index contributed by atoms with van der Waals surface area (Å²) in [6, 6.07) is 78.0. The van der Waals surface area contributed by atoms with Gasteiger partial charge < -0.3 is 19.1 Å². The van der Waals surface area contributed by atoms with E-state index in [1.54, 1.807) is 0 Å². The highest BCUT2D eigenvalue weighted by atomic mass is 16.3. The fourth-order valence-electron chi connectivity index (χ4n) is 12.4. The van der Waals surface area contributed by atoms with Crippen molar-refractivity contribution in [1.29, 1.82) is 0 Å². The molecule has 0 atom stereocenters. The summed E-state index contributed by atoms with van der Waals surface area (Å²) in [6.45, 7) is 8.88. The van der Waals surface area contributed by atoms with E-state index in [9.17, 15) is 0 Å². The summed E-state index contributed by atoms with van der Waals surface area (Å²) in [7, 11) is 0. The van der Waals surface area contributed by atoms with Crippen molar-refractivity contribution in [3.8, 4) is 33.4 Å². The molecule has 4 heteroatoms. The maximum Gasteiger partial charge on any atom is 0.159 e. The smallest absolute Gasteiger partial charge is 0.159 e. The number of benzene rings is 12. The van der Waals surface area contributed by atoms with Gasteiger partial charge in [0.15, 0.2) is 11.2 Å². The molecular weight excluding hydrogens is 925 g/mol. The van der Waals surface area contributed by atoms with Gasteiger partial charge in [-0.05, 0) is 140 Å². The summed E-state index contributed by atoms with van der Waals surface area (Å²) in [4.78, 5) is 2.44. The minimum absolute atomic E-state index is 0.842. The third kappa shape index (κ3) is 7.19. The van der Waals surface area contributed by atoms with Crippen LogP contribution in [0.2, 0.25) is 0 Å². The van der Waals surface area contributed by atoms with Crippen LogP contribution in [0.1, 0.15) is 49.9 Å². The van der Waals surface area contributed by atoms with Crippen molar-refractivity contribution >= 4 is 105 Å². The Bertz CT molecular complexity index is 4570. The van der Waals surface area contributed by atoms with Gasteiger partial charge in [0, 0.05) is 55.0 Å². The normalized spacial score (nSPS) is 11.9. The number of fused-ring (bicyclic) bond motifs is 6. The van der Waals surface area contributed by atoms with Gasteiger partial charge in [0.2, 0.25) is 0 Å². The molecule has 0 fully saturated rings. The number of nitrogens with one attached hydrogen (secondary N) is 1. The molecule has 0 radical (unpaired) electrons. The zero-order valence-electron chi connectivity index (χ0n) is 43.3. The lowest BCUT2D eigenvalue weighted by atomic mass is 9.87. The number of hydrogen-bond acceptors (Lipinski definition) is 4. The van der Waals surface area contributed by atoms with E-state index in [1.807, 2.05) is 0 Å². The fourth-order valence-corrected chi connectivity index (χ4v) is 12.4. The molecule has 366 valence electrons. The lowest BCUT2D eigenvalue weighted by Crippen LogP contribution is -2.11. The molecule has 14 aromatic rings. The Morgan fingerprint density at radius 3 is 1.61 bits per heavy atom.